The van der Waals surface area contributed by atoms with Crippen LogP contribution in [0.5, 0.6) is 5.75 Å². The maximum atomic E-state index is 12.6. The van der Waals surface area contributed by atoms with Crippen LogP contribution in [0.1, 0.15) is 11.3 Å². The van der Waals surface area contributed by atoms with Gasteiger partial charge in [0.15, 0.2) is 11.0 Å². The van der Waals surface area contributed by atoms with Gasteiger partial charge in [0.25, 0.3) is 0 Å². The molecule has 0 saturated carbocycles. The fraction of sp³-hybridized carbons (Fsp3) is 0.217. The number of thioether (sulfide) groups is 1. The van der Waals surface area contributed by atoms with Crippen molar-refractivity contribution < 1.29 is 9.53 Å². The molecule has 0 aliphatic rings. The number of nitrogens with one attached hydrogen (secondary N) is 1. The van der Waals surface area contributed by atoms with Crippen molar-refractivity contribution in [3.05, 3.63) is 65.9 Å². The summed E-state index contributed by atoms with van der Waals surface area (Å²) in [7, 11) is 3.52. The predicted molar refractivity (Wildman–Crippen MR) is 125 cm³/mol. The SMILES string of the molecule is COc1ccc(-c2nnc(SCC(=O)Nc3cc(C)nn3-c3ccc(C)cc3)n2C)cc1. The number of nitrogens with zero attached hydrogens (tertiary/aromatic N) is 5. The highest BCUT2D eigenvalue weighted by Crippen LogP contribution is 2.25. The van der Waals surface area contributed by atoms with Crippen LogP contribution in [0.2, 0.25) is 0 Å². The number of hydrogen-bond acceptors (Lipinski definition) is 6. The van der Waals surface area contributed by atoms with Crippen LogP contribution in [0, 0.1) is 13.8 Å². The molecule has 2 heterocycles. The van der Waals surface area contributed by atoms with Crippen molar-refractivity contribution in [1.29, 1.82) is 0 Å². The molecule has 4 aromatic rings. The lowest BCUT2D eigenvalue weighted by molar-refractivity contribution is -0.113. The van der Waals surface area contributed by atoms with E-state index in [9.17, 15) is 4.79 Å². The first-order chi connectivity index (χ1) is 15.4. The Morgan fingerprint density at radius 2 is 1.78 bits per heavy atom. The monoisotopic (exact) mass is 448 g/mol. The van der Waals surface area contributed by atoms with Gasteiger partial charge in [-0.1, -0.05) is 29.5 Å². The summed E-state index contributed by atoms with van der Waals surface area (Å²) in [6.45, 7) is 3.93. The summed E-state index contributed by atoms with van der Waals surface area (Å²) in [6.07, 6.45) is 0. The number of rotatable bonds is 7. The molecule has 32 heavy (non-hydrogen) atoms. The molecule has 2 aromatic heterocycles. The number of aryl methyl sites for hydroxylation is 2. The summed E-state index contributed by atoms with van der Waals surface area (Å²) < 4.78 is 8.81. The molecule has 2 aromatic carbocycles. The van der Waals surface area contributed by atoms with Crippen LogP contribution in [0.4, 0.5) is 5.82 Å². The minimum Gasteiger partial charge on any atom is -0.497 e. The smallest absolute Gasteiger partial charge is 0.236 e. The van der Waals surface area contributed by atoms with Gasteiger partial charge in [-0.05, 0) is 50.2 Å². The fourth-order valence-corrected chi connectivity index (χ4v) is 3.92. The van der Waals surface area contributed by atoms with E-state index in [0.29, 0.717) is 11.0 Å². The Morgan fingerprint density at radius 1 is 1.06 bits per heavy atom. The van der Waals surface area contributed by atoms with E-state index < -0.39 is 0 Å². The van der Waals surface area contributed by atoms with E-state index in [2.05, 4.69) is 20.6 Å². The molecule has 0 saturated heterocycles. The lowest BCUT2D eigenvalue weighted by atomic mass is 10.2. The number of ether oxygens (including phenoxy) is 1. The second-order valence-corrected chi connectivity index (χ2v) is 8.29. The van der Waals surface area contributed by atoms with Gasteiger partial charge in [0.05, 0.1) is 24.2 Å². The van der Waals surface area contributed by atoms with Crippen molar-refractivity contribution in [2.75, 3.05) is 18.2 Å². The summed E-state index contributed by atoms with van der Waals surface area (Å²) in [5.41, 5.74) is 3.81. The second kappa shape index (κ2) is 9.27. The fourth-order valence-electron chi connectivity index (χ4n) is 3.21. The van der Waals surface area contributed by atoms with E-state index in [4.69, 9.17) is 4.74 Å². The molecular weight excluding hydrogens is 424 g/mol. The topological polar surface area (TPSA) is 86.9 Å². The molecule has 4 rings (SSSR count). The van der Waals surface area contributed by atoms with Crippen LogP contribution >= 0.6 is 11.8 Å². The average molecular weight is 449 g/mol. The van der Waals surface area contributed by atoms with Gasteiger partial charge >= 0.3 is 0 Å². The van der Waals surface area contributed by atoms with E-state index in [1.165, 1.54) is 11.8 Å². The Kier molecular flexibility index (Phi) is 6.27. The van der Waals surface area contributed by atoms with Crippen molar-refractivity contribution in [1.82, 2.24) is 24.5 Å². The van der Waals surface area contributed by atoms with Gasteiger partial charge in [0, 0.05) is 18.7 Å². The van der Waals surface area contributed by atoms with E-state index >= 15 is 0 Å². The van der Waals surface area contributed by atoms with E-state index in [0.717, 1.165) is 34.1 Å². The van der Waals surface area contributed by atoms with Gasteiger partial charge in [-0.25, -0.2) is 4.68 Å². The zero-order valence-electron chi connectivity index (χ0n) is 18.4. The number of amides is 1. The van der Waals surface area contributed by atoms with Crippen LogP contribution in [-0.4, -0.2) is 43.3 Å². The maximum Gasteiger partial charge on any atom is 0.236 e. The second-order valence-electron chi connectivity index (χ2n) is 7.35. The third-order valence-electron chi connectivity index (χ3n) is 4.89. The lowest BCUT2D eigenvalue weighted by Gasteiger charge is -2.09. The van der Waals surface area contributed by atoms with Crippen LogP contribution in [-0.2, 0) is 11.8 Å². The normalized spacial score (nSPS) is 10.9. The average Bonchev–Trinajstić information content (AvgIpc) is 3.34. The molecular formula is C23H24N6O2S. The Labute approximate surface area is 190 Å². The molecule has 164 valence electrons. The summed E-state index contributed by atoms with van der Waals surface area (Å²) in [5, 5.41) is 16.6. The number of anilines is 1. The number of benzene rings is 2. The molecule has 0 aliphatic heterocycles. The quantitative estimate of drug-likeness (QED) is 0.430. The van der Waals surface area contributed by atoms with Gasteiger partial charge < -0.3 is 14.6 Å². The summed E-state index contributed by atoms with van der Waals surface area (Å²) in [6, 6.07) is 17.5. The summed E-state index contributed by atoms with van der Waals surface area (Å²) in [5.74, 6) is 2.20. The van der Waals surface area contributed by atoms with E-state index in [1.807, 2.05) is 80.1 Å². The first-order valence-corrected chi connectivity index (χ1v) is 11.0. The lowest BCUT2D eigenvalue weighted by Crippen LogP contribution is -2.17. The van der Waals surface area contributed by atoms with Crippen molar-refractivity contribution in [3.63, 3.8) is 0 Å². The number of hydrogen-bond donors (Lipinski definition) is 1. The molecule has 1 N–H and O–H groups in total. The first kappa shape index (κ1) is 21.6. The van der Waals surface area contributed by atoms with Gasteiger partial charge in [-0.3, -0.25) is 4.79 Å². The Balaban J connectivity index is 1.43. The Bertz CT molecular complexity index is 1230. The minimum atomic E-state index is -0.141. The molecule has 8 nitrogen and oxygen atoms in total. The van der Waals surface area contributed by atoms with Crippen LogP contribution in [0.3, 0.4) is 0 Å². The molecule has 0 unspecified atom stereocenters. The van der Waals surface area contributed by atoms with Crippen molar-refractivity contribution in [2.24, 2.45) is 7.05 Å². The molecule has 0 atom stereocenters. The number of aromatic nitrogens is 5. The van der Waals surface area contributed by atoms with Gasteiger partial charge in [-0.15, -0.1) is 10.2 Å². The highest BCUT2D eigenvalue weighted by atomic mass is 32.2. The standard InChI is InChI=1S/C23H24N6O2S/c1-15-5-9-18(10-6-15)29-20(13-16(2)27-29)24-21(30)14-32-23-26-25-22(28(23)3)17-7-11-19(31-4)12-8-17/h5-13H,14H2,1-4H3,(H,24,30). The summed E-state index contributed by atoms with van der Waals surface area (Å²) in [4.78, 5) is 12.6. The Morgan fingerprint density at radius 3 is 2.47 bits per heavy atom. The van der Waals surface area contributed by atoms with Gasteiger partial charge in [-0.2, -0.15) is 5.10 Å². The van der Waals surface area contributed by atoms with E-state index in [-0.39, 0.29) is 11.7 Å². The van der Waals surface area contributed by atoms with Gasteiger partial charge in [0.1, 0.15) is 11.6 Å². The van der Waals surface area contributed by atoms with Crippen LogP contribution < -0.4 is 10.1 Å². The predicted octanol–water partition coefficient (Wildman–Crippen LogP) is 4.02. The van der Waals surface area contributed by atoms with E-state index in [1.54, 1.807) is 11.8 Å². The third-order valence-corrected chi connectivity index (χ3v) is 5.91. The molecule has 0 aliphatic carbocycles. The largest absolute Gasteiger partial charge is 0.497 e. The van der Waals surface area contributed by atoms with Crippen molar-refractivity contribution >= 4 is 23.5 Å². The number of carbonyl (C=O) groups is 1. The number of carbonyl (C=O) groups excluding carboxylic acids is 1. The highest BCUT2D eigenvalue weighted by Gasteiger charge is 2.15. The maximum absolute atomic E-state index is 12.6. The third kappa shape index (κ3) is 4.67. The molecule has 0 radical (unpaired) electrons. The van der Waals surface area contributed by atoms with Crippen LogP contribution in [0.25, 0.3) is 17.1 Å². The highest BCUT2D eigenvalue weighted by molar-refractivity contribution is 7.99. The van der Waals surface area contributed by atoms with Gasteiger partial charge in [0.2, 0.25) is 5.91 Å². The van der Waals surface area contributed by atoms with Crippen LogP contribution in [0.15, 0.2) is 59.8 Å². The summed E-state index contributed by atoms with van der Waals surface area (Å²) >= 11 is 1.33. The molecule has 0 fully saturated rings. The molecule has 1 amide bonds. The minimum absolute atomic E-state index is 0.141. The molecule has 0 bridgehead atoms. The molecule has 0 spiro atoms. The van der Waals surface area contributed by atoms with Crippen molar-refractivity contribution in [2.45, 2.75) is 19.0 Å². The first-order valence-electron chi connectivity index (χ1n) is 10.0. The zero-order chi connectivity index (χ0) is 22.7. The zero-order valence-corrected chi connectivity index (χ0v) is 19.2. The Hall–Kier alpha value is -3.59. The van der Waals surface area contributed by atoms with Crippen molar-refractivity contribution in [3.8, 4) is 22.8 Å². The number of methoxy groups -OCH3 is 1. The molecule has 9 heteroatoms.